The van der Waals surface area contributed by atoms with Crippen molar-refractivity contribution >= 4 is 38.6 Å². The van der Waals surface area contributed by atoms with E-state index in [0.29, 0.717) is 53.5 Å². The van der Waals surface area contributed by atoms with Gasteiger partial charge in [0, 0.05) is 52.4 Å². The van der Waals surface area contributed by atoms with Gasteiger partial charge in [-0.05, 0) is 55.9 Å². The Morgan fingerprint density at radius 2 is 1.93 bits per heavy atom. The van der Waals surface area contributed by atoms with E-state index in [9.17, 15) is 9.59 Å². The Balaban J connectivity index is 1.28. The Kier molecular flexibility index (Phi) is 10.4. The number of esters is 1. The number of rotatable bonds is 12. The van der Waals surface area contributed by atoms with E-state index in [0.717, 1.165) is 67.6 Å². The number of carbonyl (C=O) groups excluding carboxylic acids is 1. The fourth-order valence-electron chi connectivity index (χ4n) is 5.97. The molecule has 0 N–H and O–H groups in total. The molecule has 1 atom stereocenters. The summed E-state index contributed by atoms with van der Waals surface area (Å²) in [4.78, 5) is 36.9. The van der Waals surface area contributed by atoms with E-state index in [1.165, 1.54) is 18.5 Å². The summed E-state index contributed by atoms with van der Waals surface area (Å²) in [5.41, 5.74) is 3.24. The molecule has 246 valence electrons. The van der Waals surface area contributed by atoms with Gasteiger partial charge in [-0.1, -0.05) is 23.7 Å². The van der Waals surface area contributed by atoms with Crippen molar-refractivity contribution in [1.82, 2.24) is 18.8 Å². The van der Waals surface area contributed by atoms with Crippen LogP contribution in [-0.4, -0.2) is 84.4 Å². The first kappa shape index (κ1) is 32.3. The molecule has 1 unspecified atom stereocenters. The van der Waals surface area contributed by atoms with Crippen LogP contribution in [0.2, 0.25) is 0 Å². The number of benzene rings is 2. The lowest BCUT2D eigenvalue weighted by molar-refractivity contribution is -0.168. The molecule has 0 spiro atoms. The summed E-state index contributed by atoms with van der Waals surface area (Å²) in [6.45, 7) is 5.46. The molecule has 46 heavy (non-hydrogen) atoms. The van der Waals surface area contributed by atoms with Crippen molar-refractivity contribution in [2.45, 2.75) is 64.6 Å². The van der Waals surface area contributed by atoms with Gasteiger partial charge in [0.05, 0.1) is 29.3 Å². The van der Waals surface area contributed by atoms with Crippen LogP contribution in [0.5, 0.6) is 11.6 Å². The van der Waals surface area contributed by atoms with Crippen LogP contribution in [0.25, 0.3) is 32.4 Å². The number of hydrogen-bond donors (Lipinski definition) is 0. The quantitative estimate of drug-likeness (QED) is 0.156. The first-order valence-corrected chi connectivity index (χ1v) is 16.5. The molecule has 0 bridgehead atoms. The van der Waals surface area contributed by atoms with Crippen LogP contribution in [0.3, 0.4) is 0 Å². The maximum absolute atomic E-state index is 13.5. The van der Waals surface area contributed by atoms with E-state index in [2.05, 4.69) is 4.90 Å². The van der Waals surface area contributed by atoms with Crippen molar-refractivity contribution in [2.75, 3.05) is 47.3 Å². The van der Waals surface area contributed by atoms with Crippen molar-refractivity contribution in [2.24, 2.45) is 0 Å². The maximum atomic E-state index is 13.5. The van der Waals surface area contributed by atoms with Gasteiger partial charge >= 0.3 is 5.97 Å². The molecule has 2 saturated heterocycles. The summed E-state index contributed by atoms with van der Waals surface area (Å²) in [5, 5.41) is 0.619. The number of methoxy groups -OCH3 is 2. The van der Waals surface area contributed by atoms with Crippen molar-refractivity contribution in [3.05, 3.63) is 46.2 Å². The van der Waals surface area contributed by atoms with Gasteiger partial charge < -0.3 is 33.3 Å². The number of ether oxygens (including phenoxy) is 6. The van der Waals surface area contributed by atoms with Crippen LogP contribution in [0.15, 0.2) is 35.1 Å². The zero-order valence-corrected chi connectivity index (χ0v) is 27.3. The van der Waals surface area contributed by atoms with E-state index in [1.54, 1.807) is 18.2 Å². The molecule has 4 heterocycles. The number of fused-ring (bicyclic) bond motifs is 2. The highest BCUT2D eigenvalue weighted by atomic mass is 32.1. The second-order valence-corrected chi connectivity index (χ2v) is 12.6. The first-order chi connectivity index (χ1) is 22.4. The molecule has 0 amide bonds. The monoisotopic (exact) mass is 652 g/mol. The average Bonchev–Trinajstić information content (AvgIpc) is 3.40. The summed E-state index contributed by atoms with van der Waals surface area (Å²) in [6.07, 6.45) is 4.34. The Morgan fingerprint density at radius 1 is 1.09 bits per heavy atom. The smallest absolute Gasteiger partial charge is 0.302 e. The number of hydrogen-bond acceptors (Lipinski definition) is 12. The fourth-order valence-corrected chi connectivity index (χ4v) is 7.07. The van der Waals surface area contributed by atoms with Gasteiger partial charge in [0.15, 0.2) is 18.8 Å². The Morgan fingerprint density at radius 3 is 2.67 bits per heavy atom. The van der Waals surface area contributed by atoms with Crippen molar-refractivity contribution in [3.63, 3.8) is 0 Å². The van der Waals surface area contributed by atoms with Crippen LogP contribution in [0, 0.1) is 0 Å². The van der Waals surface area contributed by atoms with Gasteiger partial charge in [-0.15, -0.1) is 0 Å². The lowest BCUT2D eigenvalue weighted by atomic mass is 10.1. The van der Waals surface area contributed by atoms with Gasteiger partial charge in [0.2, 0.25) is 5.88 Å². The topological polar surface area (TPSA) is 123 Å². The van der Waals surface area contributed by atoms with Crippen molar-refractivity contribution in [3.8, 4) is 22.9 Å². The minimum atomic E-state index is -0.239. The highest BCUT2D eigenvalue weighted by Gasteiger charge is 2.23. The van der Waals surface area contributed by atoms with Gasteiger partial charge in [-0.25, -0.2) is 9.97 Å². The predicted molar refractivity (Wildman–Crippen MR) is 173 cm³/mol. The van der Waals surface area contributed by atoms with E-state index >= 15 is 0 Å². The summed E-state index contributed by atoms with van der Waals surface area (Å²) in [7, 11) is 3.13. The molecule has 6 rings (SSSR count). The van der Waals surface area contributed by atoms with E-state index in [-0.39, 0.29) is 30.7 Å². The third kappa shape index (κ3) is 7.34. The lowest BCUT2D eigenvalue weighted by Gasteiger charge is -2.31. The molecule has 2 aliphatic rings. The molecule has 0 saturated carbocycles. The van der Waals surface area contributed by atoms with Gasteiger partial charge in [0.1, 0.15) is 17.3 Å². The highest BCUT2D eigenvalue weighted by Crippen LogP contribution is 2.37. The lowest BCUT2D eigenvalue weighted by Crippen LogP contribution is -2.39. The minimum absolute atomic E-state index is 0.0297. The van der Waals surface area contributed by atoms with E-state index in [1.807, 2.05) is 30.3 Å². The van der Waals surface area contributed by atoms with Gasteiger partial charge in [-0.3, -0.25) is 13.5 Å². The third-order valence-electron chi connectivity index (χ3n) is 8.28. The molecule has 2 aromatic heterocycles. The second kappa shape index (κ2) is 14.9. The molecule has 12 nitrogen and oxygen atoms in total. The number of carbonyl (C=O) groups is 1. The van der Waals surface area contributed by atoms with Gasteiger partial charge in [-0.2, -0.15) is 0 Å². The fraction of sp³-hybridized carbons (Fsp3) is 0.515. The molecular weight excluding hydrogens is 612 g/mol. The highest BCUT2D eigenvalue weighted by molar-refractivity contribution is 7.14. The largest absolute Gasteiger partial charge is 0.479 e. The van der Waals surface area contributed by atoms with Gasteiger partial charge in [0.25, 0.3) is 5.56 Å². The normalized spacial score (nSPS) is 17.8. The SMILES string of the molecule is COCOc1cc(COC2CCCCO2)cc2nc(OC)c(-c3cccc4c(=O)n(CCN5CCC(OC(C)=O)CC5)sc34)nc12. The average molecular weight is 653 g/mol. The first-order valence-electron chi connectivity index (χ1n) is 15.7. The molecule has 2 aromatic carbocycles. The minimum Gasteiger partial charge on any atom is -0.479 e. The van der Waals surface area contributed by atoms with Crippen LogP contribution < -0.4 is 15.0 Å². The van der Waals surface area contributed by atoms with E-state index < -0.39 is 0 Å². The summed E-state index contributed by atoms with van der Waals surface area (Å²) in [6, 6.07) is 9.44. The van der Waals surface area contributed by atoms with Crippen LogP contribution in [0.4, 0.5) is 0 Å². The summed E-state index contributed by atoms with van der Waals surface area (Å²) >= 11 is 1.41. The number of nitrogens with zero attached hydrogens (tertiary/aromatic N) is 4. The van der Waals surface area contributed by atoms with Crippen molar-refractivity contribution < 1.29 is 33.2 Å². The summed E-state index contributed by atoms with van der Waals surface area (Å²) in [5.74, 6) is 0.612. The zero-order valence-electron chi connectivity index (χ0n) is 26.5. The number of likely N-dealkylation sites (tertiary alicyclic amines) is 1. The molecule has 4 aromatic rings. The Bertz CT molecular complexity index is 1730. The zero-order chi connectivity index (χ0) is 32.0. The van der Waals surface area contributed by atoms with E-state index in [4.69, 9.17) is 38.4 Å². The molecule has 2 fully saturated rings. The molecule has 0 radical (unpaired) electrons. The molecule has 13 heteroatoms. The molecule has 0 aliphatic carbocycles. The molecular formula is C33H40N4O8S. The maximum Gasteiger partial charge on any atom is 0.302 e. The second-order valence-electron chi connectivity index (χ2n) is 11.5. The third-order valence-corrected chi connectivity index (χ3v) is 9.47. The number of aromatic nitrogens is 3. The number of piperidine rings is 1. The van der Waals surface area contributed by atoms with Crippen LogP contribution in [0.1, 0.15) is 44.6 Å². The standard InChI is InChI=1S/C33H40N4O8S/c1-21(38)45-23-10-12-36(13-11-23)14-15-37-33(39)25-8-6-7-24(31(25)46-37)29-32(41-3)34-26-17-22(19-43-28-9-4-5-16-42-28)18-27(30(26)35-29)44-20-40-2/h6-8,17-18,23,28H,4-5,9-16,19-20H2,1-3H3. The predicted octanol–water partition coefficient (Wildman–Crippen LogP) is 4.74. The Hall–Kier alpha value is -3.62. The Labute approximate surface area is 271 Å². The van der Waals surface area contributed by atoms with Crippen LogP contribution in [-0.2, 0) is 36.9 Å². The molecule has 2 aliphatic heterocycles. The van der Waals surface area contributed by atoms with Crippen LogP contribution >= 0.6 is 11.5 Å². The summed E-state index contributed by atoms with van der Waals surface area (Å²) < 4.78 is 36.6. The van der Waals surface area contributed by atoms with Crippen molar-refractivity contribution in [1.29, 1.82) is 0 Å².